The number of anilines is 2. The van der Waals surface area contributed by atoms with Crippen LogP contribution in [0, 0.1) is 0 Å². The smallest absolute Gasteiger partial charge is 0.418 e. The van der Waals surface area contributed by atoms with Crippen molar-refractivity contribution >= 4 is 23.2 Å². The lowest BCUT2D eigenvalue weighted by molar-refractivity contribution is -0.137. The number of hydrogen-bond acceptors (Lipinski definition) is 9. The molecule has 3 N–H and O–H groups in total. The van der Waals surface area contributed by atoms with Crippen molar-refractivity contribution in [1.82, 2.24) is 20.4 Å². The number of carbonyl (C=O) groups is 2. The molecule has 0 radical (unpaired) electrons. The normalized spacial score (nSPS) is 15.9. The van der Waals surface area contributed by atoms with E-state index in [-0.39, 0.29) is 50.0 Å². The molecule has 46 heavy (non-hydrogen) atoms. The number of ether oxygens (including phenoxy) is 2. The number of fused-ring (bicyclic) bond motifs is 1. The molecule has 0 aliphatic carbocycles. The Morgan fingerprint density at radius 1 is 1.04 bits per heavy atom. The van der Waals surface area contributed by atoms with E-state index in [1.807, 2.05) is 0 Å². The number of aromatic nitrogens is 2. The maximum atomic E-state index is 14.5. The highest BCUT2D eigenvalue weighted by molar-refractivity contribution is 5.84. The molecule has 0 saturated carbocycles. The highest BCUT2D eigenvalue weighted by Gasteiger charge is 2.37. The number of hydrogen-bond donors (Lipinski definition) is 3. The van der Waals surface area contributed by atoms with Gasteiger partial charge >= 0.3 is 6.18 Å². The Kier molecular flexibility index (Phi) is 9.42. The fourth-order valence-electron chi connectivity index (χ4n) is 5.74. The zero-order valence-electron chi connectivity index (χ0n) is 25.6. The highest BCUT2D eigenvalue weighted by atomic mass is 19.4. The molecule has 0 bridgehead atoms. The Hall–Kier alpha value is -4.79. The largest absolute Gasteiger partial charge is 0.497 e. The molecule has 1 aromatic heterocycles. The van der Waals surface area contributed by atoms with Crippen molar-refractivity contribution in [2.45, 2.75) is 32.0 Å². The van der Waals surface area contributed by atoms with Crippen LogP contribution >= 0.6 is 0 Å². The van der Waals surface area contributed by atoms with E-state index in [2.05, 4.69) is 15.7 Å². The van der Waals surface area contributed by atoms with Gasteiger partial charge in [0.25, 0.3) is 5.56 Å². The predicted molar refractivity (Wildman–Crippen MR) is 164 cm³/mol. The van der Waals surface area contributed by atoms with Crippen LogP contribution in [0.15, 0.2) is 41.2 Å². The number of aliphatic hydroxyl groups is 1. The molecule has 3 aromatic rings. The van der Waals surface area contributed by atoms with Crippen LogP contribution in [0.25, 0.3) is 16.9 Å². The summed E-state index contributed by atoms with van der Waals surface area (Å²) in [5.74, 6) is 0.125. The Morgan fingerprint density at radius 2 is 1.74 bits per heavy atom. The van der Waals surface area contributed by atoms with Gasteiger partial charge < -0.3 is 35.0 Å². The van der Waals surface area contributed by atoms with Crippen molar-refractivity contribution in [1.29, 1.82) is 0 Å². The third-order valence-corrected chi connectivity index (χ3v) is 7.94. The predicted octanol–water partition coefficient (Wildman–Crippen LogP) is 2.12. The first-order valence-electron chi connectivity index (χ1n) is 14.7. The van der Waals surface area contributed by atoms with Crippen molar-refractivity contribution in [3.63, 3.8) is 0 Å². The van der Waals surface area contributed by atoms with E-state index in [4.69, 9.17) is 9.47 Å². The Balaban J connectivity index is 1.67. The van der Waals surface area contributed by atoms with Crippen molar-refractivity contribution < 1.29 is 37.3 Å². The van der Waals surface area contributed by atoms with Crippen LogP contribution in [-0.4, -0.2) is 86.3 Å². The second kappa shape index (κ2) is 13.3. The van der Waals surface area contributed by atoms with Crippen LogP contribution < -0.4 is 35.5 Å². The summed E-state index contributed by atoms with van der Waals surface area (Å²) in [7, 11) is 2.92. The number of benzene rings is 2. The monoisotopic (exact) mass is 644 g/mol. The average Bonchev–Trinajstić information content (AvgIpc) is 3.65. The number of alkyl halides is 3. The number of amides is 2. The van der Waals surface area contributed by atoms with Gasteiger partial charge in [-0.25, -0.2) is 0 Å². The van der Waals surface area contributed by atoms with E-state index in [1.165, 1.54) is 38.2 Å². The molecule has 5 rings (SSSR count). The lowest BCUT2D eigenvalue weighted by atomic mass is 10.0. The van der Waals surface area contributed by atoms with E-state index < -0.39 is 35.0 Å². The first kappa shape index (κ1) is 32.6. The average molecular weight is 645 g/mol. The van der Waals surface area contributed by atoms with Gasteiger partial charge in [0, 0.05) is 62.5 Å². The first-order valence-corrected chi connectivity index (χ1v) is 14.7. The molecule has 12 nitrogen and oxygen atoms in total. The second-order valence-corrected chi connectivity index (χ2v) is 11.1. The molecule has 3 heterocycles. The number of carbonyl (C=O) groups excluding carboxylic acids is 2. The zero-order chi connectivity index (χ0) is 33.2. The minimum Gasteiger partial charge on any atom is -0.497 e. The molecule has 246 valence electrons. The van der Waals surface area contributed by atoms with Crippen LogP contribution in [0.1, 0.15) is 24.5 Å². The Labute approximate surface area is 262 Å². The van der Waals surface area contributed by atoms with Gasteiger partial charge in [-0.15, -0.1) is 0 Å². The number of rotatable bonds is 10. The topological polar surface area (TPSA) is 138 Å². The Bertz CT molecular complexity index is 1670. The molecule has 2 aromatic carbocycles. The summed E-state index contributed by atoms with van der Waals surface area (Å²) in [6.45, 7) is 2.37. The summed E-state index contributed by atoms with van der Waals surface area (Å²) < 4.78 is 55.0. The van der Waals surface area contributed by atoms with Gasteiger partial charge in [-0.05, 0) is 43.2 Å². The van der Waals surface area contributed by atoms with Crippen molar-refractivity contribution in [3.05, 3.63) is 57.9 Å². The molecule has 2 aliphatic rings. The van der Waals surface area contributed by atoms with Crippen LogP contribution in [0.5, 0.6) is 11.5 Å². The maximum Gasteiger partial charge on any atom is 0.418 e. The lowest BCUT2D eigenvalue weighted by Gasteiger charge is -2.23. The molecule has 0 spiro atoms. The van der Waals surface area contributed by atoms with Gasteiger partial charge in [0.1, 0.15) is 17.2 Å². The van der Waals surface area contributed by atoms with Gasteiger partial charge in [-0.1, -0.05) is 0 Å². The molecule has 2 aliphatic heterocycles. The van der Waals surface area contributed by atoms with Crippen molar-refractivity contribution in [2.24, 2.45) is 0 Å². The summed E-state index contributed by atoms with van der Waals surface area (Å²) >= 11 is 0. The summed E-state index contributed by atoms with van der Waals surface area (Å²) in [5, 5.41) is 19.9. The van der Waals surface area contributed by atoms with E-state index in [9.17, 15) is 32.7 Å². The number of aliphatic hydroxyl groups excluding tert-OH is 1. The van der Waals surface area contributed by atoms with Gasteiger partial charge in [0.05, 0.1) is 43.8 Å². The lowest BCUT2D eigenvalue weighted by Crippen LogP contribution is -2.41. The van der Waals surface area contributed by atoms with Crippen molar-refractivity contribution in [3.8, 4) is 28.4 Å². The fraction of sp³-hybridized carbons (Fsp3) is 0.419. The summed E-state index contributed by atoms with van der Waals surface area (Å²) in [6, 6.07) is 8.40. The first-order chi connectivity index (χ1) is 21.9. The van der Waals surface area contributed by atoms with Gasteiger partial charge in [0.15, 0.2) is 0 Å². The van der Waals surface area contributed by atoms with Crippen LogP contribution in [-0.2, 0) is 22.2 Å². The molecule has 2 amide bonds. The number of β-amino-alcohol motifs (C(OH)–C–C–N with tert-alkyl or cyclic N) is 1. The Morgan fingerprint density at radius 3 is 2.35 bits per heavy atom. The summed E-state index contributed by atoms with van der Waals surface area (Å²) in [5.41, 5.74) is -0.781. The van der Waals surface area contributed by atoms with Gasteiger partial charge in [-0.3, -0.25) is 14.4 Å². The standard InChI is InChI=1S/C31H35F3N6O6/c1-18(41)35-8-9-36-27(43)17-39-11-7-24-28(19-12-22(45-2)15-23(13-19)46-3)37-40(30(44)29(24)39)26-14-20(38-10-6-21(42)16-38)4-5-25(26)31(32,33)34/h4-5,12-15,21,42H,6-11,16-17H2,1-3H3,(H,35,41)(H,36,43). The van der Waals surface area contributed by atoms with Gasteiger partial charge in [0.2, 0.25) is 11.8 Å². The third kappa shape index (κ3) is 6.88. The van der Waals surface area contributed by atoms with E-state index >= 15 is 0 Å². The second-order valence-electron chi connectivity index (χ2n) is 11.1. The molecular formula is C31H35F3N6O6. The number of methoxy groups -OCH3 is 2. The quantitative estimate of drug-likeness (QED) is 0.284. The van der Waals surface area contributed by atoms with Crippen LogP contribution in [0.4, 0.5) is 24.5 Å². The van der Waals surface area contributed by atoms with Gasteiger partial charge in [-0.2, -0.15) is 23.0 Å². The highest BCUT2D eigenvalue weighted by Crippen LogP contribution is 2.39. The molecule has 1 saturated heterocycles. The summed E-state index contributed by atoms with van der Waals surface area (Å²) in [6.07, 6.45) is -4.70. The molecule has 1 atom stereocenters. The molecule has 1 unspecified atom stereocenters. The fourth-order valence-corrected chi connectivity index (χ4v) is 5.74. The minimum atomic E-state index is -4.83. The van der Waals surface area contributed by atoms with E-state index in [0.717, 1.165) is 10.7 Å². The number of nitrogens with one attached hydrogen (secondary N) is 2. The minimum absolute atomic E-state index is 0.0546. The number of halogens is 3. The van der Waals surface area contributed by atoms with E-state index in [1.54, 1.807) is 23.1 Å². The van der Waals surface area contributed by atoms with Crippen LogP contribution in [0.3, 0.4) is 0 Å². The van der Waals surface area contributed by atoms with E-state index in [0.29, 0.717) is 47.7 Å². The zero-order valence-corrected chi connectivity index (χ0v) is 25.6. The number of nitrogens with zero attached hydrogens (tertiary/aromatic N) is 4. The summed E-state index contributed by atoms with van der Waals surface area (Å²) in [4.78, 5) is 41.5. The maximum absolute atomic E-state index is 14.5. The SMILES string of the molecule is COc1cc(OC)cc(-c2nn(-c3cc(N4CCC(O)C4)ccc3C(F)(F)F)c(=O)c3c2CCN3CC(=O)NCCNC(C)=O)c1. The van der Waals surface area contributed by atoms with Crippen LogP contribution in [0.2, 0.25) is 0 Å². The van der Waals surface area contributed by atoms with Crippen molar-refractivity contribution in [2.75, 3.05) is 63.3 Å². The molecular weight excluding hydrogens is 609 g/mol. The molecule has 1 fully saturated rings. The molecule has 15 heteroatoms. The third-order valence-electron chi connectivity index (χ3n) is 7.94.